The topological polar surface area (TPSA) is 169 Å². The van der Waals surface area contributed by atoms with Crippen molar-refractivity contribution in [1.82, 2.24) is 10.6 Å². The van der Waals surface area contributed by atoms with Gasteiger partial charge >= 0.3 is 0 Å². The Balaban J connectivity index is 0. The average Bonchev–Trinajstić information content (AvgIpc) is 2.99. The standard InChI is InChI=1S/C29H58N2O10.CH2O2/c1-26(2)28(32)7-10-34-12-14-36-16-18-38-20-22-40-24-25-41-23-21-39-19-17-37-15-13-35-11-9-31-29(33)6-5-8-30-27(3)4;2-1-3/h26-27,30H,5-25H2,1-4H3,(H,31,33);1H,(H,2,3). The zero-order chi connectivity index (χ0) is 32.9. The third-order valence-electron chi connectivity index (χ3n) is 5.44. The van der Waals surface area contributed by atoms with Crippen molar-refractivity contribution in [3.8, 4) is 0 Å². The molecule has 14 heteroatoms. The maximum atomic E-state index is 11.7. The Morgan fingerprint density at radius 1 is 0.568 bits per heavy atom. The molecular weight excluding hydrogens is 580 g/mol. The number of ketones is 1. The zero-order valence-electron chi connectivity index (χ0n) is 27.5. The van der Waals surface area contributed by atoms with Crippen LogP contribution in [0.15, 0.2) is 0 Å². The highest BCUT2D eigenvalue weighted by Gasteiger charge is 2.06. The molecule has 0 radical (unpaired) electrons. The van der Waals surface area contributed by atoms with Gasteiger partial charge in [-0.2, -0.15) is 0 Å². The molecule has 0 aliphatic carbocycles. The SMILES string of the molecule is CC(C)NCCCC(=O)NCCOCCOCCOCCOCCOCCOCCOCCOCCC(=O)C(C)C.O=CO. The lowest BCUT2D eigenvalue weighted by molar-refractivity contribution is -0.123. The molecule has 0 heterocycles. The Labute approximate surface area is 264 Å². The van der Waals surface area contributed by atoms with Crippen LogP contribution in [0.3, 0.4) is 0 Å². The first-order chi connectivity index (χ1) is 21.3. The van der Waals surface area contributed by atoms with Gasteiger partial charge in [-0.3, -0.25) is 14.4 Å². The Morgan fingerprint density at radius 3 is 1.25 bits per heavy atom. The lowest BCUT2D eigenvalue weighted by Gasteiger charge is -2.09. The second-order valence-corrected chi connectivity index (χ2v) is 9.94. The summed E-state index contributed by atoms with van der Waals surface area (Å²) in [4.78, 5) is 31.5. The predicted octanol–water partition coefficient (Wildman–Crippen LogP) is 1.33. The normalized spacial score (nSPS) is 11.0. The third-order valence-corrected chi connectivity index (χ3v) is 5.44. The summed E-state index contributed by atoms with van der Waals surface area (Å²) in [5, 5.41) is 13.0. The van der Waals surface area contributed by atoms with Crippen molar-refractivity contribution in [2.75, 3.05) is 119 Å². The van der Waals surface area contributed by atoms with E-state index in [1.165, 1.54) is 0 Å². The first-order valence-corrected chi connectivity index (χ1v) is 15.6. The summed E-state index contributed by atoms with van der Waals surface area (Å²) < 4.78 is 43.5. The maximum absolute atomic E-state index is 11.7. The van der Waals surface area contributed by atoms with E-state index < -0.39 is 0 Å². The number of hydrogen-bond acceptors (Lipinski definition) is 12. The van der Waals surface area contributed by atoms with E-state index >= 15 is 0 Å². The summed E-state index contributed by atoms with van der Waals surface area (Å²) in [5.74, 6) is 0.333. The van der Waals surface area contributed by atoms with Crippen LogP contribution in [0.4, 0.5) is 0 Å². The summed E-state index contributed by atoms with van der Waals surface area (Å²) in [7, 11) is 0. The van der Waals surface area contributed by atoms with Crippen molar-refractivity contribution in [2.24, 2.45) is 5.92 Å². The number of rotatable bonds is 33. The van der Waals surface area contributed by atoms with Gasteiger partial charge in [-0.1, -0.05) is 27.7 Å². The molecule has 0 aliphatic rings. The van der Waals surface area contributed by atoms with Crippen LogP contribution in [0, 0.1) is 5.92 Å². The second kappa shape index (κ2) is 37.4. The van der Waals surface area contributed by atoms with Gasteiger partial charge in [0, 0.05) is 31.3 Å². The van der Waals surface area contributed by atoms with E-state index in [9.17, 15) is 9.59 Å². The van der Waals surface area contributed by atoms with Crippen molar-refractivity contribution in [3.63, 3.8) is 0 Å². The molecule has 262 valence electrons. The number of amides is 1. The van der Waals surface area contributed by atoms with Crippen molar-refractivity contribution in [2.45, 2.75) is 53.0 Å². The van der Waals surface area contributed by atoms with Crippen LogP contribution in [-0.2, 0) is 52.3 Å². The van der Waals surface area contributed by atoms with Crippen LogP contribution >= 0.6 is 0 Å². The minimum Gasteiger partial charge on any atom is -0.483 e. The van der Waals surface area contributed by atoms with Gasteiger partial charge in [-0.05, 0) is 13.0 Å². The van der Waals surface area contributed by atoms with Crippen LogP contribution in [-0.4, -0.2) is 148 Å². The molecule has 0 aromatic heterocycles. The van der Waals surface area contributed by atoms with Crippen LogP contribution in [0.25, 0.3) is 0 Å². The van der Waals surface area contributed by atoms with Gasteiger partial charge in [0.05, 0.1) is 106 Å². The van der Waals surface area contributed by atoms with Gasteiger partial charge in [-0.15, -0.1) is 0 Å². The number of nitrogens with one attached hydrogen (secondary N) is 2. The van der Waals surface area contributed by atoms with E-state index in [1.807, 2.05) is 13.8 Å². The fraction of sp³-hybridized carbons (Fsp3) is 0.900. The number of Topliss-reactive ketones (excluding diaryl/α,β-unsaturated/α-hetero) is 1. The van der Waals surface area contributed by atoms with E-state index in [0.29, 0.717) is 131 Å². The smallest absolute Gasteiger partial charge is 0.290 e. The lowest BCUT2D eigenvalue weighted by atomic mass is 10.1. The van der Waals surface area contributed by atoms with Crippen molar-refractivity contribution in [1.29, 1.82) is 0 Å². The molecule has 0 fully saturated rings. The third kappa shape index (κ3) is 40.2. The van der Waals surface area contributed by atoms with Crippen LogP contribution in [0.5, 0.6) is 0 Å². The Hall–Kier alpha value is -1.75. The number of carbonyl (C=O) groups excluding carboxylic acids is 2. The summed E-state index contributed by atoms with van der Waals surface area (Å²) >= 11 is 0. The van der Waals surface area contributed by atoms with Crippen molar-refractivity contribution < 1.29 is 57.4 Å². The molecule has 0 saturated heterocycles. The molecule has 0 bridgehead atoms. The Bertz CT molecular complexity index is 627. The summed E-state index contributed by atoms with van der Waals surface area (Å²) in [6.45, 7) is 16.9. The molecule has 0 unspecified atom stereocenters. The lowest BCUT2D eigenvalue weighted by Crippen LogP contribution is -2.29. The summed E-state index contributed by atoms with van der Waals surface area (Å²) in [5.41, 5.74) is 0. The minimum atomic E-state index is -0.250. The second-order valence-electron chi connectivity index (χ2n) is 9.94. The molecular formula is C30H60N2O12. The minimum absolute atomic E-state index is 0.0550. The average molecular weight is 641 g/mol. The van der Waals surface area contributed by atoms with Gasteiger partial charge in [0.1, 0.15) is 5.78 Å². The Morgan fingerprint density at radius 2 is 0.909 bits per heavy atom. The maximum Gasteiger partial charge on any atom is 0.290 e. The van der Waals surface area contributed by atoms with Crippen LogP contribution in [0.2, 0.25) is 0 Å². The van der Waals surface area contributed by atoms with Gasteiger partial charge in [-0.25, -0.2) is 0 Å². The molecule has 14 nitrogen and oxygen atoms in total. The van der Waals surface area contributed by atoms with Crippen molar-refractivity contribution in [3.05, 3.63) is 0 Å². The molecule has 3 N–H and O–H groups in total. The van der Waals surface area contributed by atoms with Gasteiger partial charge in [0.25, 0.3) is 6.47 Å². The molecule has 0 rings (SSSR count). The quantitative estimate of drug-likeness (QED) is 0.0694. The van der Waals surface area contributed by atoms with E-state index in [2.05, 4.69) is 24.5 Å². The van der Waals surface area contributed by atoms with E-state index in [0.717, 1.165) is 13.0 Å². The fourth-order valence-corrected chi connectivity index (χ4v) is 3.09. The summed E-state index contributed by atoms with van der Waals surface area (Å²) in [6.07, 6.45) is 1.81. The van der Waals surface area contributed by atoms with Crippen molar-refractivity contribution >= 4 is 18.2 Å². The molecule has 0 saturated carbocycles. The number of hydrogen-bond donors (Lipinski definition) is 3. The molecule has 0 atom stereocenters. The molecule has 0 spiro atoms. The largest absolute Gasteiger partial charge is 0.483 e. The first kappa shape index (κ1) is 44.4. The van der Waals surface area contributed by atoms with Gasteiger partial charge in [0.2, 0.25) is 5.91 Å². The van der Waals surface area contributed by atoms with Gasteiger partial charge < -0.3 is 53.6 Å². The Kier molecular flexibility index (Phi) is 37.8. The molecule has 0 aliphatic heterocycles. The van der Waals surface area contributed by atoms with Crippen LogP contribution < -0.4 is 10.6 Å². The van der Waals surface area contributed by atoms with E-state index in [-0.39, 0.29) is 24.1 Å². The number of ether oxygens (including phenoxy) is 8. The number of carboxylic acid groups (broad SMARTS) is 1. The molecule has 44 heavy (non-hydrogen) atoms. The monoisotopic (exact) mass is 640 g/mol. The molecule has 1 amide bonds. The highest BCUT2D eigenvalue weighted by molar-refractivity contribution is 5.80. The van der Waals surface area contributed by atoms with E-state index in [1.54, 1.807) is 0 Å². The predicted molar refractivity (Wildman–Crippen MR) is 165 cm³/mol. The highest BCUT2D eigenvalue weighted by Crippen LogP contribution is 1.98. The van der Waals surface area contributed by atoms with Crippen LogP contribution in [0.1, 0.15) is 47.0 Å². The molecule has 0 aromatic carbocycles. The van der Waals surface area contributed by atoms with Gasteiger partial charge in [0.15, 0.2) is 0 Å². The molecule has 0 aromatic rings. The zero-order valence-corrected chi connectivity index (χ0v) is 27.5. The first-order valence-electron chi connectivity index (χ1n) is 15.6. The highest BCUT2D eigenvalue weighted by atomic mass is 16.6. The number of carbonyl (C=O) groups is 3. The fourth-order valence-electron chi connectivity index (χ4n) is 3.09. The summed E-state index contributed by atoms with van der Waals surface area (Å²) in [6, 6.07) is 0.444. The van der Waals surface area contributed by atoms with E-state index in [4.69, 9.17) is 47.8 Å².